The van der Waals surface area contributed by atoms with E-state index in [0.717, 1.165) is 24.2 Å². The zero-order chi connectivity index (χ0) is 13.9. The van der Waals surface area contributed by atoms with E-state index in [9.17, 15) is 0 Å². The third kappa shape index (κ3) is 2.62. The summed E-state index contributed by atoms with van der Waals surface area (Å²) in [4.78, 5) is 6.18. The number of fused-ring (bicyclic) bond motifs is 1. The Labute approximate surface area is 123 Å². The maximum Gasteiger partial charge on any atom is 0.111 e. The van der Waals surface area contributed by atoms with Crippen molar-refractivity contribution >= 4 is 22.4 Å². The van der Waals surface area contributed by atoms with Crippen LogP contribution < -0.4 is 5.32 Å². The Bertz CT molecular complexity index is 685. The van der Waals surface area contributed by atoms with Crippen molar-refractivity contribution in [1.82, 2.24) is 14.9 Å². The Morgan fingerprint density at radius 2 is 2.05 bits per heavy atom. The first-order valence-corrected chi connectivity index (χ1v) is 7.76. The minimum absolute atomic E-state index is 0.421. The summed E-state index contributed by atoms with van der Waals surface area (Å²) >= 11 is 1.82. The monoisotopic (exact) mass is 285 g/mol. The molecule has 0 aliphatic rings. The highest BCUT2D eigenvalue weighted by Crippen LogP contribution is 2.17. The zero-order valence-electron chi connectivity index (χ0n) is 11.8. The van der Waals surface area contributed by atoms with E-state index < -0.39 is 0 Å². The van der Waals surface area contributed by atoms with Gasteiger partial charge in [0.1, 0.15) is 5.82 Å². The van der Waals surface area contributed by atoms with Crippen LogP contribution in [0.3, 0.4) is 0 Å². The highest BCUT2D eigenvalue weighted by molar-refractivity contribution is 7.09. The fraction of sp³-hybridized carbons (Fsp3) is 0.312. The molecule has 0 bridgehead atoms. The van der Waals surface area contributed by atoms with Gasteiger partial charge in [0.05, 0.1) is 11.0 Å². The predicted octanol–water partition coefficient (Wildman–Crippen LogP) is 3.01. The molecule has 0 aliphatic carbocycles. The molecule has 0 saturated carbocycles. The molecular weight excluding hydrogens is 266 g/mol. The smallest absolute Gasteiger partial charge is 0.111 e. The van der Waals surface area contributed by atoms with Crippen LogP contribution in [0, 0.1) is 0 Å². The van der Waals surface area contributed by atoms with E-state index in [2.05, 4.69) is 52.6 Å². The van der Waals surface area contributed by atoms with Crippen LogP contribution in [0.5, 0.6) is 0 Å². The third-order valence-electron chi connectivity index (χ3n) is 3.74. The Hall–Kier alpha value is -1.65. The van der Waals surface area contributed by atoms with E-state index in [4.69, 9.17) is 4.98 Å². The van der Waals surface area contributed by atoms with E-state index in [1.807, 2.05) is 24.5 Å². The molecule has 1 N–H and O–H groups in total. The van der Waals surface area contributed by atoms with Gasteiger partial charge in [-0.3, -0.25) is 0 Å². The number of rotatable bonds is 5. The highest BCUT2D eigenvalue weighted by atomic mass is 32.1. The largest absolute Gasteiger partial charge is 0.331 e. The van der Waals surface area contributed by atoms with Crippen LogP contribution in [0.15, 0.2) is 41.8 Å². The number of hydrogen-bond acceptors (Lipinski definition) is 3. The van der Waals surface area contributed by atoms with Gasteiger partial charge in [-0.2, -0.15) is 0 Å². The van der Waals surface area contributed by atoms with Gasteiger partial charge >= 0.3 is 0 Å². The summed E-state index contributed by atoms with van der Waals surface area (Å²) in [5.41, 5.74) is 2.28. The van der Waals surface area contributed by atoms with Crippen molar-refractivity contribution in [3.05, 3.63) is 52.5 Å². The zero-order valence-corrected chi connectivity index (χ0v) is 12.7. The fourth-order valence-electron chi connectivity index (χ4n) is 2.55. The molecule has 3 rings (SSSR count). The van der Waals surface area contributed by atoms with Gasteiger partial charge in [0.15, 0.2) is 0 Å². The van der Waals surface area contributed by atoms with Crippen LogP contribution in [-0.2, 0) is 19.9 Å². The first-order chi connectivity index (χ1) is 9.78. The van der Waals surface area contributed by atoms with Crippen molar-refractivity contribution in [3.8, 4) is 0 Å². The number of para-hydroxylation sites is 2. The molecule has 4 heteroatoms. The molecule has 20 heavy (non-hydrogen) atoms. The topological polar surface area (TPSA) is 29.9 Å². The Kier molecular flexibility index (Phi) is 3.85. The number of thiophene rings is 1. The van der Waals surface area contributed by atoms with Gasteiger partial charge in [-0.15, -0.1) is 11.3 Å². The van der Waals surface area contributed by atoms with Gasteiger partial charge in [-0.05, 0) is 37.0 Å². The Morgan fingerprint density at radius 1 is 1.20 bits per heavy atom. The molecule has 1 atom stereocenters. The lowest BCUT2D eigenvalue weighted by atomic mass is 10.1. The van der Waals surface area contributed by atoms with E-state index in [-0.39, 0.29) is 0 Å². The van der Waals surface area contributed by atoms with Crippen LogP contribution in [0.2, 0.25) is 0 Å². The maximum atomic E-state index is 4.76. The quantitative estimate of drug-likeness (QED) is 0.781. The van der Waals surface area contributed by atoms with Crippen molar-refractivity contribution in [2.24, 2.45) is 7.05 Å². The number of aryl methyl sites for hydroxylation is 1. The second kappa shape index (κ2) is 5.77. The van der Waals surface area contributed by atoms with E-state index in [1.54, 1.807) is 0 Å². The predicted molar refractivity (Wildman–Crippen MR) is 85.3 cm³/mol. The average molecular weight is 285 g/mol. The van der Waals surface area contributed by atoms with Crippen molar-refractivity contribution in [3.63, 3.8) is 0 Å². The summed E-state index contributed by atoms with van der Waals surface area (Å²) < 4.78 is 2.20. The van der Waals surface area contributed by atoms with Gasteiger partial charge in [0.25, 0.3) is 0 Å². The molecule has 0 amide bonds. The van der Waals surface area contributed by atoms with Crippen LogP contribution in [0.4, 0.5) is 0 Å². The maximum absolute atomic E-state index is 4.76. The molecule has 0 aliphatic heterocycles. The van der Waals surface area contributed by atoms with E-state index >= 15 is 0 Å². The molecule has 2 heterocycles. The second-order valence-electron chi connectivity index (χ2n) is 5.05. The van der Waals surface area contributed by atoms with Crippen LogP contribution in [0.25, 0.3) is 11.0 Å². The number of aromatic nitrogens is 2. The van der Waals surface area contributed by atoms with Crippen molar-refractivity contribution in [2.75, 3.05) is 7.05 Å². The van der Waals surface area contributed by atoms with Gasteiger partial charge in [0, 0.05) is 24.4 Å². The molecule has 0 fully saturated rings. The van der Waals surface area contributed by atoms with E-state index in [0.29, 0.717) is 6.04 Å². The van der Waals surface area contributed by atoms with Gasteiger partial charge in [-0.25, -0.2) is 4.98 Å². The fourth-order valence-corrected chi connectivity index (χ4v) is 3.33. The van der Waals surface area contributed by atoms with Gasteiger partial charge < -0.3 is 9.88 Å². The number of likely N-dealkylation sites (N-methyl/N-ethyl adjacent to an activating group) is 1. The van der Waals surface area contributed by atoms with Gasteiger partial charge in [0.2, 0.25) is 0 Å². The SMILES string of the molecule is CNC(Cc1cccs1)Cc1nc2ccccc2n1C. The van der Waals surface area contributed by atoms with Crippen LogP contribution >= 0.6 is 11.3 Å². The molecule has 3 aromatic rings. The number of hydrogen-bond donors (Lipinski definition) is 1. The number of nitrogens with one attached hydrogen (secondary N) is 1. The average Bonchev–Trinajstić information content (AvgIpc) is 3.08. The minimum Gasteiger partial charge on any atom is -0.331 e. The molecule has 3 nitrogen and oxygen atoms in total. The molecule has 1 unspecified atom stereocenters. The summed E-state index contributed by atoms with van der Waals surface area (Å²) in [5.74, 6) is 1.14. The summed E-state index contributed by atoms with van der Waals surface area (Å²) in [7, 11) is 4.13. The van der Waals surface area contributed by atoms with Crippen LogP contribution in [-0.4, -0.2) is 22.6 Å². The lowest BCUT2D eigenvalue weighted by Gasteiger charge is -2.15. The Balaban J connectivity index is 1.82. The Morgan fingerprint density at radius 3 is 2.75 bits per heavy atom. The van der Waals surface area contributed by atoms with Crippen molar-refractivity contribution in [2.45, 2.75) is 18.9 Å². The lowest BCUT2D eigenvalue weighted by molar-refractivity contribution is 0.539. The van der Waals surface area contributed by atoms with Gasteiger partial charge in [-0.1, -0.05) is 18.2 Å². The van der Waals surface area contributed by atoms with Crippen molar-refractivity contribution in [1.29, 1.82) is 0 Å². The minimum atomic E-state index is 0.421. The summed E-state index contributed by atoms with van der Waals surface area (Å²) in [5, 5.41) is 5.55. The van der Waals surface area contributed by atoms with Crippen molar-refractivity contribution < 1.29 is 0 Å². The standard InChI is InChI=1S/C16H19N3S/c1-17-12(10-13-6-5-9-20-13)11-16-18-14-7-3-4-8-15(14)19(16)2/h3-9,12,17H,10-11H2,1-2H3. The second-order valence-corrected chi connectivity index (χ2v) is 6.08. The molecule has 0 spiro atoms. The van der Waals surface area contributed by atoms with Crippen LogP contribution in [0.1, 0.15) is 10.7 Å². The summed E-state index contributed by atoms with van der Waals surface area (Å²) in [6, 6.07) is 13.0. The molecular formula is C16H19N3S. The summed E-state index contributed by atoms with van der Waals surface area (Å²) in [6.45, 7) is 0. The molecule has 0 radical (unpaired) electrons. The lowest BCUT2D eigenvalue weighted by Crippen LogP contribution is -2.30. The molecule has 2 aromatic heterocycles. The normalized spacial score (nSPS) is 12.9. The first-order valence-electron chi connectivity index (χ1n) is 6.88. The number of benzene rings is 1. The first kappa shape index (κ1) is 13.3. The molecule has 0 saturated heterocycles. The van der Waals surface area contributed by atoms with E-state index in [1.165, 1.54) is 10.4 Å². The highest BCUT2D eigenvalue weighted by Gasteiger charge is 2.14. The molecule has 104 valence electrons. The summed E-state index contributed by atoms with van der Waals surface area (Å²) in [6.07, 6.45) is 2.00. The third-order valence-corrected chi connectivity index (χ3v) is 4.64. The number of nitrogens with zero attached hydrogens (tertiary/aromatic N) is 2. The molecule has 1 aromatic carbocycles. The number of imidazole rings is 1.